The maximum Gasteiger partial charge on any atom is 0.338 e. The van der Waals surface area contributed by atoms with Gasteiger partial charge in [0.25, 0.3) is 5.56 Å². The quantitative estimate of drug-likeness (QED) is 0.756. The van der Waals surface area contributed by atoms with E-state index >= 15 is 0 Å². The van der Waals surface area contributed by atoms with Gasteiger partial charge in [0.1, 0.15) is 11.8 Å². The highest BCUT2D eigenvalue weighted by Crippen LogP contribution is 2.33. The lowest BCUT2D eigenvalue weighted by Gasteiger charge is -2.22. The van der Waals surface area contributed by atoms with Crippen molar-refractivity contribution in [2.75, 3.05) is 13.7 Å². The highest BCUT2D eigenvalue weighted by Gasteiger charge is 2.31. The van der Waals surface area contributed by atoms with Crippen LogP contribution in [0.2, 0.25) is 0 Å². The molecule has 3 rings (SSSR count). The van der Waals surface area contributed by atoms with Gasteiger partial charge in [-0.2, -0.15) is 0 Å². The van der Waals surface area contributed by atoms with Gasteiger partial charge >= 0.3 is 5.97 Å². The van der Waals surface area contributed by atoms with Gasteiger partial charge in [0, 0.05) is 5.70 Å². The lowest BCUT2D eigenvalue weighted by atomic mass is 9.96. The Balaban J connectivity index is 2.29. The predicted molar refractivity (Wildman–Crippen MR) is 105 cm³/mol. The van der Waals surface area contributed by atoms with E-state index in [9.17, 15) is 9.59 Å². The second-order valence-corrected chi connectivity index (χ2v) is 7.36. The van der Waals surface area contributed by atoms with E-state index in [0.717, 1.165) is 16.9 Å². The number of carbonyl (C=O) groups excluding carboxylic acids is 1. The van der Waals surface area contributed by atoms with Crippen LogP contribution in [0.3, 0.4) is 0 Å². The smallest absolute Gasteiger partial charge is 0.338 e. The second-order valence-electron chi connectivity index (χ2n) is 6.38. The minimum Gasteiger partial charge on any atom is -0.497 e. The molecule has 142 valence electrons. The van der Waals surface area contributed by atoms with Gasteiger partial charge in [0.15, 0.2) is 4.80 Å². The van der Waals surface area contributed by atoms with Crippen LogP contribution in [-0.2, 0) is 9.53 Å². The summed E-state index contributed by atoms with van der Waals surface area (Å²) in [7, 11) is 1.60. The van der Waals surface area contributed by atoms with E-state index in [1.54, 1.807) is 21.0 Å². The predicted octanol–water partition coefficient (Wildman–Crippen LogP) is 2.28. The number of ether oxygens (including phenoxy) is 2. The highest BCUT2D eigenvalue weighted by molar-refractivity contribution is 7.07. The SMILES string of the molecule is CCOC(=O)C1=C(C)n2c(sc(=C(C)C)c2=O)=N[C@@H]1c1ccc(OC)cc1. The van der Waals surface area contributed by atoms with E-state index in [1.807, 2.05) is 38.1 Å². The molecule has 0 amide bonds. The molecule has 0 radical (unpaired) electrons. The van der Waals surface area contributed by atoms with Gasteiger partial charge in [-0.25, -0.2) is 9.79 Å². The number of thiazole rings is 1. The number of carbonyl (C=O) groups is 1. The number of fused-ring (bicyclic) bond motifs is 1. The number of esters is 1. The number of nitrogens with zero attached hydrogens (tertiary/aromatic N) is 2. The van der Waals surface area contributed by atoms with E-state index in [-0.39, 0.29) is 12.2 Å². The molecule has 1 aromatic carbocycles. The third-order valence-corrected chi connectivity index (χ3v) is 5.66. The molecule has 0 saturated carbocycles. The maximum absolute atomic E-state index is 12.8. The molecule has 27 heavy (non-hydrogen) atoms. The van der Waals surface area contributed by atoms with Crippen LogP contribution < -0.4 is 19.6 Å². The summed E-state index contributed by atoms with van der Waals surface area (Å²) in [5.41, 5.74) is 2.56. The standard InChI is InChI=1S/C20H22N2O4S/c1-6-26-19(24)15-12(4)22-18(23)17(11(2)3)27-20(22)21-16(15)13-7-9-14(25-5)10-8-13/h7-10,16H,6H2,1-5H3/t16-/m1/s1. The van der Waals surface area contributed by atoms with Crippen molar-refractivity contribution in [2.24, 2.45) is 4.99 Å². The molecule has 0 spiro atoms. The topological polar surface area (TPSA) is 69.9 Å². The first-order valence-electron chi connectivity index (χ1n) is 8.68. The zero-order valence-electron chi connectivity index (χ0n) is 16.0. The van der Waals surface area contributed by atoms with Crippen molar-refractivity contribution in [3.63, 3.8) is 0 Å². The molecule has 0 fully saturated rings. The molecule has 0 unspecified atom stereocenters. The van der Waals surface area contributed by atoms with E-state index in [2.05, 4.69) is 0 Å². The summed E-state index contributed by atoms with van der Waals surface area (Å²) in [6, 6.07) is 6.87. The van der Waals surface area contributed by atoms with E-state index < -0.39 is 12.0 Å². The summed E-state index contributed by atoms with van der Waals surface area (Å²) in [5, 5.41) is 0. The first-order valence-corrected chi connectivity index (χ1v) is 9.50. The number of hydrogen-bond acceptors (Lipinski definition) is 6. The molecule has 0 bridgehead atoms. The molecule has 0 aliphatic carbocycles. The minimum atomic E-state index is -0.530. The zero-order valence-corrected chi connectivity index (χ0v) is 16.8. The molecule has 1 aliphatic heterocycles. The van der Waals surface area contributed by atoms with Gasteiger partial charge in [-0.3, -0.25) is 9.36 Å². The Bertz CT molecular complexity index is 1090. The zero-order chi connectivity index (χ0) is 19.7. The molecule has 2 aromatic rings. The second kappa shape index (κ2) is 7.52. The van der Waals surface area contributed by atoms with Crippen LogP contribution in [0, 0.1) is 0 Å². The highest BCUT2D eigenvalue weighted by atomic mass is 32.1. The van der Waals surface area contributed by atoms with Crippen LogP contribution in [0.25, 0.3) is 11.3 Å². The monoisotopic (exact) mass is 386 g/mol. The first kappa shape index (κ1) is 19.1. The molecule has 1 aromatic heterocycles. The van der Waals surface area contributed by atoms with Crippen LogP contribution in [-0.4, -0.2) is 24.3 Å². The van der Waals surface area contributed by atoms with Gasteiger partial charge in [-0.15, -0.1) is 0 Å². The number of benzene rings is 1. The lowest BCUT2D eigenvalue weighted by Crippen LogP contribution is -2.35. The summed E-state index contributed by atoms with van der Waals surface area (Å²) < 4.78 is 12.6. The summed E-state index contributed by atoms with van der Waals surface area (Å²) >= 11 is 1.34. The van der Waals surface area contributed by atoms with E-state index in [0.29, 0.717) is 20.6 Å². The van der Waals surface area contributed by atoms with Crippen LogP contribution in [0.15, 0.2) is 39.6 Å². The molecule has 7 heteroatoms. The molecule has 2 heterocycles. The van der Waals surface area contributed by atoms with Crippen LogP contribution in [0.4, 0.5) is 0 Å². The van der Waals surface area contributed by atoms with Gasteiger partial charge in [0.2, 0.25) is 0 Å². The van der Waals surface area contributed by atoms with Crippen molar-refractivity contribution >= 4 is 28.6 Å². The summed E-state index contributed by atoms with van der Waals surface area (Å²) in [6.07, 6.45) is 0. The van der Waals surface area contributed by atoms with Crippen molar-refractivity contribution in [2.45, 2.75) is 33.7 Å². The Kier molecular flexibility index (Phi) is 5.32. The average molecular weight is 386 g/mol. The van der Waals surface area contributed by atoms with Gasteiger partial charge in [0.05, 0.1) is 23.8 Å². The van der Waals surface area contributed by atoms with Crippen molar-refractivity contribution in [1.82, 2.24) is 4.57 Å². The molecular weight excluding hydrogens is 364 g/mol. The van der Waals surface area contributed by atoms with Crippen molar-refractivity contribution in [3.05, 3.63) is 55.1 Å². The molecular formula is C20H22N2O4S. The summed E-state index contributed by atoms with van der Waals surface area (Å²) in [6.45, 7) is 7.57. The Hall–Kier alpha value is -2.67. The van der Waals surface area contributed by atoms with Crippen LogP contribution >= 0.6 is 11.3 Å². The number of aromatic nitrogens is 1. The fraction of sp³-hybridized carbons (Fsp3) is 0.350. The summed E-state index contributed by atoms with van der Waals surface area (Å²) in [4.78, 5) is 30.8. The van der Waals surface area contributed by atoms with Crippen molar-refractivity contribution in [3.8, 4) is 5.75 Å². The van der Waals surface area contributed by atoms with E-state index in [1.165, 1.54) is 15.9 Å². The van der Waals surface area contributed by atoms with E-state index in [4.69, 9.17) is 14.5 Å². The number of methoxy groups -OCH3 is 1. The Morgan fingerprint density at radius 1 is 1.26 bits per heavy atom. The van der Waals surface area contributed by atoms with Gasteiger partial charge < -0.3 is 9.47 Å². The average Bonchev–Trinajstić information content (AvgIpc) is 2.99. The number of rotatable bonds is 4. The van der Waals surface area contributed by atoms with Crippen LogP contribution in [0.1, 0.15) is 39.3 Å². The maximum atomic E-state index is 12.8. The largest absolute Gasteiger partial charge is 0.497 e. The van der Waals surface area contributed by atoms with Gasteiger partial charge in [-0.1, -0.05) is 29.0 Å². The van der Waals surface area contributed by atoms with Crippen LogP contribution in [0.5, 0.6) is 5.75 Å². The Labute approximate surface area is 161 Å². The van der Waals surface area contributed by atoms with Gasteiger partial charge in [-0.05, 0) is 45.4 Å². The number of hydrogen-bond donors (Lipinski definition) is 0. The molecule has 1 atom stereocenters. The van der Waals surface area contributed by atoms with Crippen molar-refractivity contribution < 1.29 is 14.3 Å². The Morgan fingerprint density at radius 2 is 1.93 bits per heavy atom. The Morgan fingerprint density at radius 3 is 2.48 bits per heavy atom. The summed E-state index contributed by atoms with van der Waals surface area (Å²) in [5.74, 6) is 0.265. The number of allylic oxidation sites excluding steroid dienone is 1. The fourth-order valence-electron chi connectivity index (χ4n) is 3.05. The lowest BCUT2D eigenvalue weighted by molar-refractivity contribution is -0.138. The third kappa shape index (κ3) is 3.35. The molecule has 6 nitrogen and oxygen atoms in total. The first-order chi connectivity index (χ1) is 12.9. The molecule has 1 aliphatic rings. The molecule has 0 saturated heterocycles. The van der Waals surface area contributed by atoms with Crippen molar-refractivity contribution in [1.29, 1.82) is 0 Å². The molecule has 0 N–H and O–H groups in total. The fourth-order valence-corrected chi connectivity index (χ4v) is 4.09. The third-order valence-electron chi connectivity index (χ3n) is 4.40. The normalized spacial score (nSPS) is 15.8. The minimum absolute atomic E-state index is 0.147.